The van der Waals surface area contributed by atoms with Gasteiger partial charge in [0.2, 0.25) is 0 Å². The number of carboxylic acid groups (broad SMARTS) is 1. The number of amides is 1. The summed E-state index contributed by atoms with van der Waals surface area (Å²) in [6, 6.07) is 7.08. The Hall–Kier alpha value is -2.56. The lowest BCUT2D eigenvalue weighted by molar-refractivity contribution is 0.0694. The van der Waals surface area contributed by atoms with Gasteiger partial charge >= 0.3 is 5.97 Å². The molecule has 0 unspecified atom stereocenters. The fraction of sp³-hybridized carbons (Fsp3) is 0.294. The lowest BCUT2D eigenvalue weighted by atomic mass is 10.1. The summed E-state index contributed by atoms with van der Waals surface area (Å²) in [5.41, 5.74) is 2.76. The van der Waals surface area contributed by atoms with Gasteiger partial charge in [0.15, 0.2) is 5.76 Å². The van der Waals surface area contributed by atoms with Crippen LogP contribution in [0.25, 0.3) is 0 Å². The zero-order valence-corrected chi connectivity index (χ0v) is 12.9. The summed E-state index contributed by atoms with van der Waals surface area (Å²) < 4.78 is 5.38. The SMILES string of the molecule is CCc1cccc(C)c1NC(=O)c1cc(C(=O)O)c(CC)o1. The van der Waals surface area contributed by atoms with Crippen molar-refractivity contribution < 1.29 is 19.1 Å². The molecule has 2 N–H and O–H groups in total. The van der Waals surface area contributed by atoms with Crippen LogP contribution in [0.5, 0.6) is 0 Å². The molecule has 2 aromatic rings. The molecule has 1 aromatic heterocycles. The Bertz CT molecular complexity index is 715. The molecule has 5 nitrogen and oxygen atoms in total. The maximum atomic E-state index is 12.3. The van der Waals surface area contributed by atoms with Crippen molar-refractivity contribution in [1.29, 1.82) is 0 Å². The third-order valence-electron chi connectivity index (χ3n) is 3.56. The first-order valence-electron chi connectivity index (χ1n) is 7.23. The second kappa shape index (κ2) is 6.47. The molecule has 116 valence electrons. The number of carbonyl (C=O) groups is 2. The van der Waals surface area contributed by atoms with Gasteiger partial charge in [0, 0.05) is 18.2 Å². The number of benzene rings is 1. The van der Waals surface area contributed by atoms with Crippen molar-refractivity contribution in [3.63, 3.8) is 0 Å². The largest absolute Gasteiger partial charge is 0.478 e. The van der Waals surface area contributed by atoms with Gasteiger partial charge in [-0.2, -0.15) is 0 Å². The molecule has 0 aliphatic carbocycles. The number of hydrogen-bond donors (Lipinski definition) is 2. The molecular weight excluding hydrogens is 282 g/mol. The van der Waals surface area contributed by atoms with Gasteiger partial charge in [-0.15, -0.1) is 0 Å². The first-order valence-corrected chi connectivity index (χ1v) is 7.23. The molecule has 5 heteroatoms. The third-order valence-corrected chi connectivity index (χ3v) is 3.56. The number of carbonyl (C=O) groups excluding carboxylic acids is 1. The van der Waals surface area contributed by atoms with Gasteiger partial charge in [-0.3, -0.25) is 4.79 Å². The number of rotatable bonds is 5. The second-order valence-corrected chi connectivity index (χ2v) is 5.02. The van der Waals surface area contributed by atoms with E-state index in [1.54, 1.807) is 6.92 Å². The van der Waals surface area contributed by atoms with E-state index in [0.717, 1.165) is 23.2 Å². The number of hydrogen-bond acceptors (Lipinski definition) is 3. The summed E-state index contributed by atoms with van der Waals surface area (Å²) in [5, 5.41) is 11.9. The Kier molecular flexibility index (Phi) is 4.65. The number of anilines is 1. The normalized spacial score (nSPS) is 10.5. The van der Waals surface area contributed by atoms with E-state index < -0.39 is 11.9 Å². The fourth-order valence-electron chi connectivity index (χ4n) is 2.36. The second-order valence-electron chi connectivity index (χ2n) is 5.02. The van der Waals surface area contributed by atoms with E-state index >= 15 is 0 Å². The molecule has 0 aliphatic rings. The number of aromatic carboxylic acids is 1. The summed E-state index contributed by atoms with van der Waals surface area (Å²) in [5.74, 6) is -1.21. The molecule has 0 fully saturated rings. The molecule has 0 bridgehead atoms. The summed E-state index contributed by atoms with van der Waals surface area (Å²) in [6.45, 7) is 5.70. The van der Waals surface area contributed by atoms with Crippen molar-refractivity contribution in [2.24, 2.45) is 0 Å². The quantitative estimate of drug-likeness (QED) is 0.883. The minimum absolute atomic E-state index is 0.0135. The molecule has 0 atom stereocenters. The van der Waals surface area contributed by atoms with Gasteiger partial charge in [-0.05, 0) is 24.5 Å². The standard InChI is InChI=1S/C17H19NO4/c1-4-11-8-6-7-10(3)15(11)18-16(19)14-9-12(17(20)21)13(5-2)22-14/h6-9H,4-5H2,1-3H3,(H,18,19)(H,20,21). The van der Waals surface area contributed by atoms with Crippen LogP contribution in [0, 0.1) is 6.92 Å². The first kappa shape index (κ1) is 15.8. The summed E-state index contributed by atoms with van der Waals surface area (Å²) in [4.78, 5) is 23.5. The van der Waals surface area contributed by atoms with Crippen molar-refractivity contribution in [3.8, 4) is 0 Å². The molecule has 1 amide bonds. The number of nitrogens with one attached hydrogen (secondary N) is 1. The number of aryl methyl sites for hydroxylation is 3. The van der Waals surface area contributed by atoms with Crippen LogP contribution in [0.4, 0.5) is 5.69 Å². The van der Waals surface area contributed by atoms with Gasteiger partial charge in [0.25, 0.3) is 5.91 Å². The minimum Gasteiger partial charge on any atom is -0.478 e. The highest BCUT2D eigenvalue weighted by molar-refractivity contribution is 6.04. The van der Waals surface area contributed by atoms with Gasteiger partial charge in [-0.25, -0.2) is 4.79 Å². The molecule has 0 radical (unpaired) electrons. The van der Waals surface area contributed by atoms with Crippen LogP contribution in [-0.2, 0) is 12.8 Å². The first-order chi connectivity index (χ1) is 10.5. The molecule has 0 saturated carbocycles. The van der Waals surface area contributed by atoms with Crippen LogP contribution in [0.2, 0.25) is 0 Å². The summed E-state index contributed by atoms with van der Waals surface area (Å²) in [6.07, 6.45) is 1.20. The Morgan fingerprint density at radius 1 is 1.23 bits per heavy atom. The van der Waals surface area contributed by atoms with Crippen LogP contribution in [0.15, 0.2) is 28.7 Å². The zero-order chi connectivity index (χ0) is 16.3. The molecular formula is C17H19NO4. The predicted molar refractivity (Wildman–Crippen MR) is 83.6 cm³/mol. The van der Waals surface area contributed by atoms with Crippen LogP contribution in [-0.4, -0.2) is 17.0 Å². The average molecular weight is 301 g/mol. The highest BCUT2D eigenvalue weighted by Gasteiger charge is 2.20. The van der Waals surface area contributed by atoms with Crippen molar-refractivity contribution >= 4 is 17.6 Å². The number of para-hydroxylation sites is 1. The van der Waals surface area contributed by atoms with E-state index in [2.05, 4.69) is 5.32 Å². The Morgan fingerprint density at radius 2 is 1.95 bits per heavy atom. The summed E-state index contributed by atoms with van der Waals surface area (Å²) >= 11 is 0. The Balaban J connectivity index is 2.32. The highest BCUT2D eigenvalue weighted by atomic mass is 16.4. The fourth-order valence-corrected chi connectivity index (χ4v) is 2.36. The van der Waals surface area contributed by atoms with E-state index in [0.29, 0.717) is 12.2 Å². The van der Waals surface area contributed by atoms with Crippen LogP contribution in [0.1, 0.15) is 51.6 Å². The third kappa shape index (κ3) is 3.03. The van der Waals surface area contributed by atoms with E-state index in [9.17, 15) is 9.59 Å². The summed E-state index contributed by atoms with van der Waals surface area (Å²) in [7, 11) is 0. The number of furan rings is 1. The lowest BCUT2D eigenvalue weighted by Crippen LogP contribution is -2.13. The van der Waals surface area contributed by atoms with Crippen LogP contribution < -0.4 is 5.32 Å². The maximum absolute atomic E-state index is 12.3. The van der Waals surface area contributed by atoms with Crippen molar-refractivity contribution in [2.45, 2.75) is 33.6 Å². The zero-order valence-electron chi connectivity index (χ0n) is 12.9. The molecule has 1 heterocycles. The number of carboxylic acids is 1. The minimum atomic E-state index is -1.09. The van der Waals surface area contributed by atoms with E-state index in [4.69, 9.17) is 9.52 Å². The molecule has 1 aromatic carbocycles. The van der Waals surface area contributed by atoms with E-state index in [-0.39, 0.29) is 11.3 Å². The van der Waals surface area contributed by atoms with Gasteiger partial charge in [-0.1, -0.05) is 32.0 Å². The molecule has 22 heavy (non-hydrogen) atoms. The van der Waals surface area contributed by atoms with Crippen molar-refractivity contribution in [3.05, 3.63) is 52.5 Å². The molecule has 0 aliphatic heterocycles. The van der Waals surface area contributed by atoms with Crippen LogP contribution in [0.3, 0.4) is 0 Å². The topological polar surface area (TPSA) is 79.5 Å². The maximum Gasteiger partial charge on any atom is 0.339 e. The van der Waals surface area contributed by atoms with Gasteiger partial charge in [0.05, 0.1) is 0 Å². The monoisotopic (exact) mass is 301 g/mol. The van der Waals surface area contributed by atoms with Crippen molar-refractivity contribution in [2.75, 3.05) is 5.32 Å². The van der Waals surface area contributed by atoms with E-state index in [1.165, 1.54) is 6.07 Å². The Morgan fingerprint density at radius 3 is 2.50 bits per heavy atom. The van der Waals surface area contributed by atoms with Gasteiger partial charge < -0.3 is 14.8 Å². The van der Waals surface area contributed by atoms with Crippen LogP contribution >= 0.6 is 0 Å². The highest BCUT2D eigenvalue weighted by Crippen LogP contribution is 2.23. The lowest BCUT2D eigenvalue weighted by Gasteiger charge is -2.11. The molecule has 0 spiro atoms. The molecule has 2 rings (SSSR count). The Labute approximate surface area is 129 Å². The molecule has 0 saturated heterocycles. The van der Waals surface area contributed by atoms with Crippen molar-refractivity contribution in [1.82, 2.24) is 0 Å². The predicted octanol–water partition coefficient (Wildman–Crippen LogP) is 3.66. The smallest absolute Gasteiger partial charge is 0.339 e. The van der Waals surface area contributed by atoms with E-state index in [1.807, 2.05) is 32.0 Å². The average Bonchev–Trinajstić information content (AvgIpc) is 2.93. The van der Waals surface area contributed by atoms with Gasteiger partial charge in [0.1, 0.15) is 11.3 Å².